The summed E-state index contributed by atoms with van der Waals surface area (Å²) in [6, 6.07) is 3.62. The van der Waals surface area contributed by atoms with Crippen molar-refractivity contribution < 1.29 is 4.39 Å². The Hall–Kier alpha value is -0.250. The molecule has 1 aliphatic rings. The molecule has 0 fully saturated rings. The van der Waals surface area contributed by atoms with Crippen molar-refractivity contribution in [2.45, 2.75) is 30.9 Å². The van der Waals surface area contributed by atoms with Crippen LogP contribution in [0.1, 0.15) is 31.0 Å². The van der Waals surface area contributed by atoms with Gasteiger partial charge >= 0.3 is 0 Å². The molecule has 1 nitrogen and oxygen atoms in total. The Morgan fingerprint density at radius 3 is 3.00 bits per heavy atom. The molecule has 0 bridgehead atoms. The zero-order valence-corrected chi connectivity index (χ0v) is 11.0. The van der Waals surface area contributed by atoms with Crippen molar-refractivity contribution in [3.63, 3.8) is 0 Å². The molecule has 0 spiro atoms. The molecule has 0 amide bonds. The predicted molar refractivity (Wildman–Crippen MR) is 68.6 cm³/mol. The van der Waals surface area contributed by atoms with Crippen LogP contribution < -0.4 is 5.32 Å². The third kappa shape index (κ3) is 2.22. The summed E-state index contributed by atoms with van der Waals surface area (Å²) in [5.74, 6) is 0.553. The minimum Gasteiger partial charge on any atom is -0.309 e. The number of benzene rings is 1. The highest BCUT2D eigenvalue weighted by Gasteiger charge is 2.27. The van der Waals surface area contributed by atoms with Crippen molar-refractivity contribution in [3.8, 4) is 0 Å². The maximum absolute atomic E-state index is 13.4. The maximum atomic E-state index is 13.4. The summed E-state index contributed by atoms with van der Waals surface area (Å²) in [5, 5.41) is 4.15. The van der Waals surface area contributed by atoms with Crippen LogP contribution in [0.4, 0.5) is 4.39 Å². The fraction of sp³-hybridized carbons (Fsp3) is 0.500. The SMILES string of the molecule is CCNC1c2cc(Cl)c(F)cc2CSC1C. The second-order valence-corrected chi connectivity index (χ2v) is 5.79. The molecule has 0 radical (unpaired) electrons. The Bertz CT molecular complexity index is 397. The van der Waals surface area contributed by atoms with E-state index in [9.17, 15) is 4.39 Å². The monoisotopic (exact) mass is 259 g/mol. The van der Waals surface area contributed by atoms with Gasteiger partial charge in [-0.1, -0.05) is 25.4 Å². The Morgan fingerprint density at radius 1 is 1.56 bits per heavy atom. The average Bonchev–Trinajstić information content (AvgIpc) is 2.25. The number of thioether (sulfide) groups is 1. The minimum absolute atomic E-state index is 0.223. The Morgan fingerprint density at radius 2 is 2.31 bits per heavy atom. The lowest BCUT2D eigenvalue weighted by Crippen LogP contribution is -2.31. The standard InChI is InChI=1S/C12H15ClFNS/c1-3-15-12-7(2)16-6-8-4-11(14)10(13)5-9(8)12/h4-5,7,12,15H,3,6H2,1-2H3. The highest BCUT2D eigenvalue weighted by atomic mass is 35.5. The number of halogens is 2. The highest BCUT2D eigenvalue weighted by molar-refractivity contribution is 7.99. The third-order valence-electron chi connectivity index (χ3n) is 2.91. The van der Waals surface area contributed by atoms with E-state index in [2.05, 4.69) is 19.2 Å². The molecule has 1 aromatic carbocycles. The van der Waals surface area contributed by atoms with Gasteiger partial charge < -0.3 is 5.32 Å². The summed E-state index contributed by atoms with van der Waals surface area (Å²) >= 11 is 7.70. The number of hydrogen-bond donors (Lipinski definition) is 1. The van der Waals surface area contributed by atoms with Gasteiger partial charge in [0.1, 0.15) is 5.82 Å². The Labute approximate surface area is 105 Å². The van der Waals surface area contributed by atoms with Gasteiger partial charge in [-0.05, 0) is 29.8 Å². The van der Waals surface area contributed by atoms with Gasteiger partial charge in [0, 0.05) is 17.0 Å². The third-order valence-corrected chi connectivity index (χ3v) is 4.48. The normalized spacial score (nSPS) is 24.2. The molecule has 1 aliphatic heterocycles. The molecule has 1 aromatic rings. The lowest BCUT2D eigenvalue weighted by atomic mass is 9.98. The quantitative estimate of drug-likeness (QED) is 0.868. The van der Waals surface area contributed by atoms with Crippen LogP contribution in [-0.4, -0.2) is 11.8 Å². The number of hydrogen-bond acceptors (Lipinski definition) is 2. The van der Waals surface area contributed by atoms with Crippen LogP contribution in [0.25, 0.3) is 0 Å². The van der Waals surface area contributed by atoms with Gasteiger partial charge in [0.15, 0.2) is 0 Å². The Kier molecular flexibility index (Phi) is 3.77. The van der Waals surface area contributed by atoms with E-state index < -0.39 is 0 Å². The summed E-state index contributed by atoms with van der Waals surface area (Å²) in [6.45, 7) is 5.18. The van der Waals surface area contributed by atoms with Crippen LogP contribution in [0.15, 0.2) is 12.1 Å². The lowest BCUT2D eigenvalue weighted by Gasteiger charge is -2.31. The largest absolute Gasteiger partial charge is 0.309 e. The maximum Gasteiger partial charge on any atom is 0.142 e. The van der Waals surface area contributed by atoms with Crippen molar-refractivity contribution in [1.82, 2.24) is 5.32 Å². The number of rotatable bonds is 2. The molecule has 1 heterocycles. The summed E-state index contributed by atoms with van der Waals surface area (Å²) in [6.07, 6.45) is 0. The molecular weight excluding hydrogens is 245 g/mol. The smallest absolute Gasteiger partial charge is 0.142 e. The van der Waals surface area contributed by atoms with Crippen molar-refractivity contribution in [2.75, 3.05) is 6.54 Å². The molecule has 1 N–H and O–H groups in total. The molecule has 2 atom stereocenters. The molecule has 0 saturated carbocycles. The minimum atomic E-state index is -0.314. The number of fused-ring (bicyclic) bond motifs is 1. The van der Waals surface area contributed by atoms with Crippen molar-refractivity contribution in [2.24, 2.45) is 0 Å². The topological polar surface area (TPSA) is 12.0 Å². The number of nitrogens with one attached hydrogen (secondary N) is 1. The van der Waals surface area contributed by atoms with E-state index in [4.69, 9.17) is 11.6 Å². The van der Waals surface area contributed by atoms with Gasteiger partial charge in [-0.3, -0.25) is 0 Å². The summed E-state index contributed by atoms with van der Waals surface area (Å²) in [7, 11) is 0. The molecule has 4 heteroatoms. The van der Waals surface area contributed by atoms with Crippen molar-refractivity contribution >= 4 is 23.4 Å². The first-order chi connectivity index (χ1) is 7.63. The first-order valence-electron chi connectivity index (χ1n) is 5.46. The molecule has 0 aromatic heterocycles. The van der Waals surface area contributed by atoms with E-state index in [1.807, 2.05) is 11.8 Å². The van der Waals surface area contributed by atoms with E-state index in [0.717, 1.165) is 23.4 Å². The van der Waals surface area contributed by atoms with Gasteiger partial charge in [0.25, 0.3) is 0 Å². The van der Waals surface area contributed by atoms with E-state index in [1.54, 1.807) is 12.1 Å². The fourth-order valence-electron chi connectivity index (χ4n) is 2.08. The molecule has 0 saturated heterocycles. The Balaban J connectivity index is 2.42. The first kappa shape index (κ1) is 12.2. The van der Waals surface area contributed by atoms with E-state index >= 15 is 0 Å². The van der Waals surface area contributed by atoms with Gasteiger partial charge in [0.2, 0.25) is 0 Å². The lowest BCUT2D eigenvalue weighted by molar-refractivity contribution is 0.537. The molecule has 0 aliphatic carbocycles. The van der Waals surface area contributed by atoms with E-state index in [-0.39, 0.29) is 16.9 Å². The van der Waals surface area contributed by atoms with Crippen LogP contribution in [0.2, 0.25) is 5.02 Å². The molecule has 2 rings (SSSR count). The van der Waals surface area contributed by atoms with Crippen LogP contribution in [0.5, 0.6) is 0 Å². The average molecular weight is 260 g/mol. The second kappa shape index (κ2) is 4.94. The van der Waals surface area contributed by atoms with Crippen LogP contribution in [0.3, 0.4) is 0 Å². The van der Waals surface area contributed by atoms with Crippen molar-refractivity contribution in [1.29, 1.82) is 0 Å². The zero-order chi connectivity index (χ0) is 11.7. The zero-order valence-electron chi connectivity index (χ0n) is 9.39. The second-order valence-electron chi connectivity index (χ2n) is 4.02. The fourth-order valence-corrected chi connectivity index (χ4v) is 3.38. The van der Waals surface area contributed by atoms with Crippen LogP contribution in [0, 0.1) is 5.82 Å². The van der Waals surface area contributed by atoms with E-state index in [1.165, 1.54) is 0 Å². The first-order valence-corrected chi connectivity index (χ1v) is 6.89. The predicted octanol–water partition coefficient (Wildman–Crippen LogP) is 3.77. The summed E-state index contributed by atoms with van der Waals surface area (Å²) in [5.41, 5.74) is 2.22. The van der Waals surface area contributed by atoms with Crippen LogP contribution >= 0.6 is 23.4 Å². The molecule has 16 heavy (non-hydrogen) atoms. The van der Waals surface area contributed by atoms with Gasteiger partial charge in [0.05, 0.1) is 5.02 Å². The summed E-state index contributed by atoms with van der Waals surface area (Å²) in [4.78, 5) is 0. The van der Waals surface area contributed by atoms with Gasteiger partial charge in [-0.25, -0.2) is 4.39 Å². The molecular formula is C12H15ClFNS. The van der Waals surface area contributed by atoms with Crippen LogP contribution in [-0.2, 0) is 5.75 Å². The molecule has 88 valence electrons. The summed E-state index contributed by atoms with van der Waals surface area (Å²) < 4.78 is 13.4. The van der Waals surface area contributed by atoms with E-state index in [0.29, 0.717) is 5.25 Å². The van der Waals surface area contributed by atoms with Gasteiger partial charge in [-0.15, -0.1) is 0 Å². The highest BCUT2D eigenvalue weighted by Crippen LogP contribution is 2.39. The van der Waals surface area contributed by atoms with Crippen molar-refractivity contribution in [3.05, 3.63) is 34.1 Å². The molecule has 2 unspecified atom stereocenters. The van der Waals surface area contributed by atoms with Gasteiger partial charge in [-0.2, -0.15) is 11.8 Å².